The molecule has 0 spiro atoms. The van der Waals surface area contributed by atoms with Gasteiger partial charge in [-0.1, -0.05) is 248 Å². The number of carbonyl (C=O) groups is 3. The van der Waals surface area contributed by atoms with Crippen LogP contribution in [0.25, 0.3) is 0 Å². The minimum absolute atomic E-state index is 0.136. The van der Waals surface area contributed by atoms with Crippen molar-refractivity contribution in [1.29, 1.82) is 0 Å². The molecule has 0 saturated carbocycles. The molecule has 85 heavy (non-hydrogen) atoms. The molecule has 0 bridgehead atoms. The number of fused-ring (bicyclic) bond motifs is 1. The van der Waals surface area contributed by atoms with Crippen LogP contribution >= 0.6 is 34.9 Å². The van der Waals surface area contributed by atoms with Crippen molar-refractivity contribution >= 4 is 63.5 Å². The number of benzene rings is 8. The van der Waals surface area contributed by atoms with Gasteiger partial charge in [-0.05, 0) is 48.1 Å². The Labute approximate surface area is 507 Å². The van der Waals surface area contributed by atoms with Crippen LogP contribution in [0, 0.1) is 0 Å². The molecule has 2 fully saturated rings. The summed E-state index contributed by atoms with van der Waals surface area (Å²) in [6, 6.07) is 77.8. The highest BCUT2D eigenvalue weighted by atomic mass is 32.2. The normalized spacial score (nSPS) is 17.8. The molecular formula is C70H61N5O7S3. The van der Waals surface area contributed by atoms with Gasteiger partial charge in [0.1, 0.15) is 28.3 Å². The first-order valence-electron chi connectivity index (χ1n) is 28.2. The number of rotatable bonds is 20. The summed E-state index contributed by atoms with van der Waals surface area (Å²) in [4.78, 5) is 60.2. The van der Waals surface area contributed by atoms with Gasteiger partial charge in [-0.25, -0.2) is 9.78 Å². The van der Waals surface area contributed by atoms with Gasteiger partial charge in [0.25, 0.3) is 11.8 Å². The van der Waals surface area contributed by atoms with E-state index in [2.05, 4.69) is 47.0 Å². The molecular weight excluding hydrogens is 1120 g/mol. The maximum absolute atomic E-state index is 15.6. The lowest BCUT2D eigenvalue weighted by atomic mass is 9.77. The van der Waals surface area contributed by atoms with Crippen LogP contribution in [-0.4, -0.2) is 74.8 Å². The van der Waals surface area contributed by atoms with Crippen LogP contribution in [0.5, 0.6) is 0 Å². The van der Waals surface area contributed by atoms with Crippen molar-refractivity contribution in [1.82, 2.24) is 15.2 Å². The van der Waals surface area contributed by atoms with Crippen LogP contribution in [0.1, 0.15) is 76.6 Å². The van der Waals surface area contributed by atoms with Crippen molar-refractivity contribution in [3.63, 3.8) is 0 Å². The zero-order chi connectivity index (χ0) is 58.2. The molecule has 2 saturated heterocycles. The summed E-state index contributed by atoms with van der Waals surface area (Å²) in [6.07, 6.45) is -0.280. The van der Waals surface area contributed by atoms with E-state index in [1.165, 1.54) is 39.8 Å². The van der Waals surface area contributed by atoms with Gasteiger partial charge in [-0.15, -0.1) is 34.9 Å². The van der Waals surface area contributed by atoms with Crippen molar-refractivity contribution in [3.05, 3.63) is 309 Å². The lowest BCUT2D eigenvalue weighted by Gasteiger charge is -2.49. The number of esters is 1. The van der Waals surface area contributed by atoms with E-state index in [1.54, 1.807) is 5.38 Å². The Kier molecular flexibility index (Phi) is 17.0. The van der Waals surface area contributed by atoms with Gasteiger partial charge in [0.15, 0.2) is 22.7 Å². The molecule has 0 radical (unpaired) electrons. The lowest BCUT2D eigenvalue weighted by molar-refractivity contribution is -0.267. The van der Waals surface area contributed by atoms with Crippen molar-refractivity contribution in [2.24, 2.45) is 5.16 Å². The Morgan fingerprint density at radius 2 is 1.14 bits per heavy atom. The predicted molar refractivity (Wildman–Crippen MR) is 337 cm³/mol. The molecule has 2 amide bonds. The summed E-state index contributed by atoms with van der Waals surface area (Å²) in [5.41, 5.74) is 4.54. The number of oxime groups is 1. The average Bonchev–Trinajstić information content (AvgIpc) is 1.52. The fourth-order valence-electron chi connectivity index (χ4n) is 11.3. The molecule has 426 valence electrons. The van der Waals surface area contributed by atoms with Crippen LogP contribution < -0.4 is 10.6 Å². The number of anilines is 1. The van der Waals surface area contributed by atoms with E-state index in [4.69, 9.17) is 29.2 Å². The number of β-lactam (4-membered cyclic amide) rings is 1. The Morgan fingerprint density at radius 3 is 1.61 bits per heavy atom. The summed E-state index contributed by atoms with van der Waals surface area (Å²) < 4.78 is 18.7. The van der Waals surface area contributed by atoms with Crippen LogP contribution in [0.15, 0.2) is 264 Å². The molecule has 3 aliphatic rings. The molecule has 12 rings (SSSR count). The molecule has 2 N–H and O–H groups in total. The number of nitrogens with zero attached hydrogens (tertiary/aromatic N) is 3. The Bertz CT molecular complexity index is 3570. The third kappa shape index (κ3) is 11.8. The standard InChI is InChI=1S/C70H61N5O7S3/c1-68(2)79-44-43-56(81-68)45-83-58-47-84-65-60(64(77)75(65)61(58)66(78)80-62(48-27-11-3-12-28-48)49-29-13-4-14-30-49)72-63(76)59(74-82-70(53-37-21-8-22-38-53,54-39-23-9-24-40-54)55-41-25-10-26-42-55)57-46-85-67(71-57)73-69(50-31-15-5-16-32-50,51-33-17-6-18-34-51)52-35-19-7-20-36-52/h3-42,46,56,60,62,65H,43-45,47H2,1-2H3,(H,71,73)(H,72,76)/b74-59-/t56?,60?,65-/m1/s1. The quantitative estimate of drug-likeness (QED) is 0.0248. The molecule has 12 nitrogen and oxygen atoms in total. The zero-order valence-corrected chi connectivity index (χ0v) is 49.2. The second-order valence-corrected chi connectivity index (χ2v) is 24.2. The van der Waals surface area contributed by atoms with Crippen molar-refractivity contribution in [2.75, 3.05) is 23.4 Å². The number of amides is 2. The first-order chi connectivity index (χ1) is 41.6. The summed E-state index contributed by atoms with van der Waals surface area (Å²) in [5, 5.41) is 13.4. The van der Waals surface area contributed by atoms with Gasteiger partial charge in [-0.2, -0.15) is 0 Å². The van der Waals surface area contributed by atoms with Crippen LogP contribution in [0.2, 0.25) is 0 Å². The highest BCUT2D eigenvalue weighted by Gasteiger charge is 2.55. The summed E-state index contributed by atoms with van der Waals surface area (Å²) >= 11 is 4.24. The SMILES string of the molecule is CC1(C)OCCC(CSC2=C(C(=O)OC(c3ccccc3)c3ccccc3)N3C(=O)C(NC(=O)/C(=N\OC(c4ccccc4)(c4ccccc4)c4ccccc4)c4csc(NC(c5ccccc5)(c5ccccc5)c5ccccc5)n4)[C@H]3SC2)O1. The van der Waals surface area contributed by atoms with Crippen molar-refractivity contribution in [3.8, 4) is 0 Å². The highest BCUT2D eigenvalue weighted by Crippen LogP contribution is 2.47. The second-order valence-electron chi connectivity index (χ2n) is 21.1. The molecule has 3 aliphatic heterocycles. The van der Waals surface area contributed by atoms with Crippen LogP contribution in [0.3, 0.4) is 0 Å². The van der Waals surface area contributed by atoms with Gasteiger partial charge < -0.3 is 29.7 Å². The van der Waals surface area contributed by atoms with Crippen molar-refractivity contribution in [2.45, 2.75) is 60.8 Å². The number of hydrogen-bond acceptors (Lipinski definition) is 13. The van der Waals surface area contributed by atoms with Crippen LogP contribution in [-0.2, 0) is 44.6 Å². The van der Waals surface area contributed by atoms with Gasteiger partial charge in [-0.3, -0.25) is 14.5 Å². The smallest absolute Gasteiger partial charge is 0.356 e. The fourth-order valence-corrected chi connectivity index (χ4v) is 14.7. The van der Waals surface area contributed by atoms with Gasteiger partial charge in [0.05, 0.1) is 12.7 Å². The number of hydrogen-bond donors (Lipinski definition) is 2. The topological polar surface area (TPSA) is 141 Å². The maximum Gasteiger partial charge on any atom is 0.356 e. The van der Waals surface area contributed by atoms with E-state index in [9.17, 15) is 0 Å². The number of nitrogens with one attached hydrogen (secondary N) is 2. The first-order valence-corrected chi connectivity index (χ1v) is 31.1. The number of thioether (sulfide) groups is 2. The Balaban J connectivity index is 0.927. The van der Waals surface area contributed by atoms with Gasteiger partial charge >= 0.3 is 5.97 Å². The fraction of sp³-hybridized carbons (Fsp3) is 0.186. The number of thiazole rings is 1. The molecule has 3 atom stereocenters. The summed E-state index contributed by atoms with van der Waals surface area (Å²) in [6.45, 7) is 4.31. The highest BCUT2D eigenvalue weighted by molar-refractivity contribution is 8.06. The number of carbonyl (C=O) groups excluding carboxylic acids is 3. The number of ether oxygens (including phenoxy) is 3. The Hall–Kier alpha value is -8.57. The van der Waals surface area contributed by atoms with E-state index in [0.29, 0.717) is 34.6 Å². The zero-order valence-electron chi connectivity index (χ0n) is 46.7. The van der Waals surface area contributed by atoms with E-state index in [0.717, 1.165) is 44.5 Å². The molecule has 8 aromatic carbocycles. The van der Waals surface area contributed by atoms with E-state index in [-0.39, 0.29) is 23.2 Å². The molecule has 2 unspecified atom stereocenters. The summed E-state index contributed by atoms with van der Waals surface area (Å²) in [7, 11) is 0. The largest absolute Gasteiger partial charge is 0.448 e. The van der Waals surface area contributed by atoms with E-state index < -0.39 is 52.2 Å². The van der Waals surface area contributed by atoms with Gasteiger partial charge in [0, 0.05) is 38.5 Å². The van der Waals surface area contributed by atoms with E-state index >= 15 is 14.4 Å². The lowest BCUT2D eigenvalue weighted by Crippen LogP contribution is -2.71. The molecule has 15 heteroatoms. The average molecular weight is 1180 g/mol. The molecule has 0 aliphatic carbocycles. The van der Waals surface area contributed by atoms with Crippen LogP contribution in [0.4, 0.5) is 5.13 Å². The third-order valence-corrected chi connectivity index (χ3v) is 18.8. The monoisotopic (exact) mass is 1180 g/mol. The minimum atomic E-state index is -1.38. The van der Waals surface area contributed by atoms with Gasteiger partial charge in [0.2, 0.25) is 5.60 Å². The maximum atomic E-state index is 15.6. The van der Waals surface area contributed by atoms with Crippen molar-refractivity contribution < 1.29 is 33.4 Å². The van der Waals surface area contributed by atoms with E-state index in [1.807, 2.05) is 220 Å². The molecule has 4 heterocycles. The summed E-state index contributed by atoms with van der Waals surface area (Å²) in [5.74, 6) is -1.75. The minimum Gasteiger partial charge on any atom is -0.448 e. The third-order valence-electron chi connectivity index (χ3n) is 15.3. The second kappa shape index (κ2) is 25.3. The molecule has 9 aromatic rings. The number of aromatic nitrogens is 1. The molecule has 1 aromatic heterocycles. The Morgan fingerprint density at radius 1 is 0.682 bits per heavy atom. The first kappa shape index (κ1) is 56.9. The predicted octanol–water partition coefficient (Wildman–Crippen LogP) is 13.5.